The summed E-state index contributed by atoms with van der Waals surface area (Å²) in [5.41, 5.74) is -0.207. The van der Waals surface area contributed by atoms with E-state index in [1.54, 1.807) is 7.11 Å². The lowest BCUT2D eigenvalue weighted by atomic mass is 9.94. The van der Waals surface area contributed by atoms with Crippen LogP contribution in [-0.2, 0) is 14.3 Å². The summed E-state index contributed by atoms with van der Waals surface area (Å²) in [6.45, 7) is 11.1. The van der Waals surface area contributed by atoms with Crippen LogP contribution in [0.3, 0.4) is 0 Å². The minimum absolute atomic E-state index is 0.207. The molecule has 3 saturated heterocycles. The third-order valence-electron chi connectivity index (χ3n) is 6.43. The van der Waals surface area contributed by atoms with Gasteiger partial charge in [0.05, 0.1) is 18.7 Å². The Hall–Kier alpha value is -1.38. The molecule has 0 aliphatic carbocycles. The quantitative estimate of drug-likeness (QED) is 0.516. The number of carbonyl (C=O) groups excluding carboxylic acids is 1. The standard InChI is InChI=1S/C21H39N5O3/c1-3-22-20(23-18-21(28-2)7-15-29-16-8-21)26-13-11-24(12-14-26)17-19(27)25-9-5-4-6-10-25/h3-18H2,1-2H3,(H,22,23). The minimum atomic E-state index is -0.207. The van der Waals surface area contributed by atoms with Gasteiger partial charge in [-0.25, -0.2) is 0 Å². The molecule has 1 N–H and O–H groups in total. The van der Waals surface area contributed by atoms with Crippen molar-refractivity contribution in [3.8, 4) is 0 Å². The Morgan fingerprint density at radius 3 is 2.34 bits per heavy atom. The van der Waals surface area contributed by atoms with Crippen LogP contribution in [0.2, 0.25) is 0 Å². The predicted molar refractivity (Wildman–Crippen MR) is 114 cm³/mol. The number of aliphatic imine (C=N–C) groups is 1. The van der Waals surface area contributed by atoms with Crippen LogP contribution in [0.5, 0.6) is 0 Å². The van der Waals surface area contributed by atoms with Crippen LogP contribution in [0, 0.1) is 0 Å². The van der Waals surface area contributed by atoms with Gasteiger partial charge >= 0.3 is 0 Å². The van der Waals surface area contributed by atoms with E-state index in [0.717, 1.165) is 90.7 Å². The largest absolute Gasteiger partial charge is 0.381 e. The molecule has 0 unspecified atom stereocenters. The normalized spacial score (nSPS) is 23.9. The van der Waals surface area contributed by atoms with Crippen molar-refractivity contribution in [1.29, 1.82) is 0 Å². The van der Waals surface area contributed by atoms with Gasteiger partial charge in [0.25, 0.3) is 0 Å². The van der Waals surface area contributed by atoms with Gasteiger partial charge in [0, 0.05) is 79.0 Å². The zero-order valence-corrected chi connectivity index (χ0v) is 18.3. The average molecular weight is 410 g/mol. The molecule has 8 nitrogen and oxygen atoms in total. The average Bonchev–Trinajstić information content (AvgIpc) is 2.78. The Morgan fingerprint density at radius 2 is 1.72 bits per heavy atom. The summed E-state index contributed by atoms with van der Waals surface area (Å²) in [7, 11) is 1.78. The molecule has 0 saturated carbocycles. The molecule has 0 spiro atoms. The van der Waals surface area contributed by atoms with E-state index in [0.29, 0.717) is 19.0 Å². The van der Waals surface area contributed by atoms with Crippen LogP contribution in [0.25, 0.3) is 0 Å². The maximum absolute atomic E-state index is 12.5. The summed E-state index contributed by atoms with van der Waals surface area (Å²) in [5.74, 6) is 1.25. The maximum Gasteiger partial charge on any atom is 0.236 e. The fraction of sp³-hybridized carbons (Fsp3) is 0.905. The first-order valence-corrected chi connectivity index (χ1v) is 11.3. The van der Waals surface area contributed by atoms with Gasteiger partial charge in [-0.05, 0) is 26.2 Å². The first-order valence-electron chi connectivity index (χ1n) is 11.3. The molecule has 3 aliphatic rings. The lowest BCUT2D eigenvalue weighted by Crippen LogP contribution is -2.55. The number of hydrogen-bond acceptors (Lipinski definition) is 5. The molecule has 29 heavy (non-hydrogen) atoms. The first kappa shape index (κ1) is 22.3. The lowest BCUT2D eigenvalue weighted by molar-refractivity contribution is -0.133. The van der Waals surface area contributed by atoms with Crippen molar-refractivity contribution in [3.05, 3.63) is 0 Å². The SMILES string of the molecule is CCNC(=NCC1(OC)CCOCC1)N1CCN(CC(=O)N2CCCCC2)CC1. The van der Waals surface area contributed by atoms with Gasteiger partial charge in [-0.2, -0.15) is 0 Å². The molecule has 0 radical (unpaired) electrons. The molecule has 3 aliphatic heterocycles. The van der Waals surface area contributed by atoms with Gasteiger partial charge in [-0.3, -0.25) is 14.7 Å². The number of ether oxygens (including phenoxy) is 2. The number of amides is 1. The van der Waals surface area contributed by atoms with E-state index in [1.165, 1.54) is 6.42 Å². The molecule has 3 heterocycles. The van der Waals surface area contributed by atoms with E-state index in [-0.39, 0.29) is 5.60 Å². The smallest absolute Gasteiger partial charge is 0.236 e. The van der Waals surface area contributed by atoms with E-state index in [4.69, 9.17) is 14.5 Å². The van der Waals surface area contributed by atoms with E-state index in [1.807, 2.05) is 4.90 Å². The highest BCUT2D eigenvalue weighted by Crippen LogP contribution is 2.25. The topological polar surface area (TPSA) is 69.6 Å². The lowest BCUT2D eigenvalue weighted by Gasteiger charge is -2.38. The number of methoxy groups -OCH3 is 1. The molecule has 8 heteroatoms. The second-order valence-electron chi connectivity index (χ2n) is 8.37. The molecule has 3 rings (SSSR count). The highest BCUT2D eigenvalue weighted by Gasteiger charge is 2.33. The zero-order chi connectivity index (χ0) is 20.5. The Balaban J connectivity index is 1.50. The summed E-state index contributed by atoms with van der Waals surface area (Å²) in [6, 6.07) is 0. The Morgan fingerprint density at radius 1 is 1.03 bits per heavy atom. The molecule has 0 bridgehead atoms. The second kappa shape index (κ2) is 11.1. The number of hydrogen-bond donors (Lipinski definition) is 1. The second-order valence-corrected chi connectivity index (χ2v) is 8.37. The number of piperazine rings is 1. The maximum atomic E-state index is 12.5. The van der Waals surface area contributed by atoms with Crippen molar-refractivity contribution in [2.75, 3.05) is 79.2 Å². The molecule has 0 aromatic heterocycles. The molecular weight excluding hydrogens is 370 g/mol. The number of carbonyl (C=O) groups is 1. The van der Waals surface area contributed by atoms with E-state index >= 15 is 0 Å². The van der Waals surface area contributed by atoms with Crippen molar-refractivity contribution in [1.82, 2.24) is 20.0 Å². The summed E-state index contributed by atoms with van der Waals surface area (Å²) >= 11 is 0. The molecular formula is C21H39N5O3. The third kappa shape index (κ3) is 6.30. The molecule has 0 atom stereocenters. The number of guanidine groups is 1. The van der Waals surface area contributed by atoms with Crippen molar-refractivity contribution >= 4 is 11.9 Å². The fourth-order valence-corrected chi connectivity index (χ4v) is 4.37. The molecule has 0 aromatic rings. The molecule has 0 aromatic carbocycles. The first-order chi connectivity index (χ1) is 14.2. The van der Waals surface area contributed by atoms with Crippen LogP contribution in [0.15, 0.2) is 4.99 Å². The van der Waals surface area contributed by atoms with E-state index in [2.05, 4.69) is 22.0 Å². The fourth-order valence-electron chi connectivity index (χ4n) is 4.37. The molecule has 1 amide bonds. The number of nitrogens with one attached hydrogen (secondary N) is 1. The van der Waals surface area contributed by atoms with Gasteiger partial charge in [0.2, 0.25) is 5.91 Å². The van der Waals surface area contributed by atoms with Gasteiger partial charge < -0.3 is 24.6 Å². The zero-order valence-electron chi connectivity index (χ0n) is 18.3. The minimum Gasteiger partial charge on any atom is -0.381 e. The number of likely N-dealkylation sites (tertiary alicyclic amines) is 1. The van der Waals surface area contributed by atoms with E-state index < -0.39 is 0 Å². The van der Waals surface area contributed by atoms with Gasteiger partial charge in [-0.1, -0.05) is 0 Å². The Bertz CT molecular complexity index is 536. The summed E-state index contributed by atoms with van der Waals surface area (Å²) in [4.78, 5) is 24.1. The highest BCUT2D eigenvalue weighted by atomic mass is 16.5. The third-order valence-corrected chi connectivity index (χ3v) is 6.43. The monoisotopic (exact) mass is 409 g/mol. The van der Waals surface area contributed by atoms with Crippen LogP contribution in [0.1, 0.15) is 39.0 Å². The number of piperidine rings is 1. The van der Waals surface area contributed by atoms with E-state index in [9.17, 15) is 4.79 Å². The van der Waals surface area contributed by atoms with Gasteiger partial charge in [-0.15, -0.1) is 0 Å². The van der Waals surface area contributed by atoms with Crippen LogP contribution in [-0.4, -0.2) is 111 Å². The van der Waals surface area contributed by atoms with Crippen LogP contribution in [0.4, 0.5) is 0 Å². The summed E-state index contributed by atoms with van der Waals surface area (Å²) in [5, 5.41) is 3.44. The van der Waals surface area contributed by atoms with Gasteiger partial charge in [0.1, 0.15) is 0 Å². The van der Waals surface area contributed by atoms with Crippen molar-refractivity contribution in [2.45, 2.75) is 44.6 Å². The van der Waals surface area contributed by atoms with Gasteiger partial charge in [0.15, 0.2) is 5.96 Å². The Labute approximate surface area is 175 Å². The van der Waals surface area contributed by atoms with Crippen molar-refractivity contribution in [3.63, 3.8) is 0 Å². The highest BCUT2D eigenvalue weighted by molar-refractivity contribution is 5.80. The molecule has 3 fully saturated rings. The summed E-state index contributed by atoms with van der Waals surface area (Å²) in [6.07, 6.45) is 5.33. The summed E-state index contributed by atoms with van der Waals surface area (Å²) < 4.78 is 11.3. The van der Waals surface area contributed by atoms with Crippen LogP contribution >= 0.6 is 0 Å². The Kier molecular flexibility index (Phi) is 8.56. The molecule has 166 valence electrons. The number of rotatable bonds is 6. The predicted octanol–water partition coefficient (Wildman–Crippen LogP) is 0.778. The van der Waals surface area contributed by atoms with Crippen LogP contribution < -0.4 is 5.32 Å². The van der Waals surface area contributed by atoms with Crippen molar-refractivity contribution < 1.29 is 14.3 Å². The van der Waals surface area contributed by atoms with Crippen molar-refractivity contribution in [2.24, 2.45) is 4.99 Å². The number of nitrogens with zero attached hydrogens (tertiary/aromatic N) is 4.